The van der Waals surface area contributed by atoms with Crippen LogP contribution < -0.4 is 5.32 Å². The van der Waals surface area contributed by atoms with Crippen LogP contribution in [0.1, 0.15) is 27.0 Å². The second-order valence-electron chi connectivity index (χ2n) is 4.35. The van der Waals surface area contributed by atoms with E-state index >= 15 is 0 Å². The number of hydrogen-bond donors (Lipinski definition) is 1. The van der Waals surface area contributed by atoms with Gasteiger partial charge in [-0.25, -0.2) is 0 Å². The van der Waals surface area contributed by atoms with Gasteiger partial charge < -0.3 is 5.32 Å². The zero-order valence-electron chi connectivity index (χ0n) is 10.5. The second-order valence-corrected chi connectivity index (χ2v) is 5.88. The normalized spacial score (nSPS) is 10.4. The van der Waals surface area contributed by atoms with Crippen molar-refractivity contribution >= 4 is 38.9 Å². The van der Waals surface area contributed by atoms with Gasteiger partial charge in [-0.15, -0.1) is 0 Å². The Bertz CT molecular complexity index is 581. The summed E-state index contributed by atoms with van der Waals surface area (Å²) in [4.78, 5) is 12.1. The lowest BCUT2D eigenvalue weighted by Crippen LogP contribution is -2.12. The molecule has 0 aliphatic heterocycles. The average molecular weight is 324 g/mol. The van der Waals surface area contributed by atoms with Gasteiger partial charge in [0.15, 0.2) is 0 Å². The van der Waals surface area contributed by atoms with Gasteiger partial charge in [0.2, 0.25) is 0 Å². The molecule has 0 bridgehead atoms. The van der Waals surface area contributed by atoms with E-state index in [9.17, 15) is 4.79 Å². The molecule has 0 saturated heterocycles. The number of rotatable bonds is 2. The number of nitrogens with one attached hydrogen (secondary N) is 1. The molecule has 1 heterocycles. The third kappa shape index (κ3) is 2.65. The van der Waals surface area contributed by atoms with Crippen molar-refractivity contribution < 1.29 is 4.79 Å². The van der Waals surface area contributed by atoms with Crippen molar-refractivity contribution in [1.82, 2.24) is 0 Å². The standard InChI is InChI=1S/C14H14BrNOS/c1-8-4-11(5-9(2)13(8)15)16-14(17)12-7-18-6-10(12)3/h4-7H,1-3H3,(H,16,17). The molecule has 0 aliphatic carbocycles. The van der Waals surface area contributed by atoms with E-state index in [1.54, 1.807) is 11.3 Å². The molecule has 0 aliphatic rings. The number of amides is 1. The van der Waals surface area contributed by atoms with E-state index in [0.29, 0.717) is 0 Å². The highest BCUT2D eigenvalue weighted by Gasteiger charge is 2.11. The first kappa shape index (κ1) is 13.3. The van der Waals surface area contributed by atoms with E-state index in [0.717, 1.165) is 32.4 Å². The van der Waals surface area contributed by atoms with Crippen molar-refractivity contribution in [3.8, 4) is 0 Å². The summed E-state index contributed by atoms with van der Waals surface area (Å²) in [6.45, 7) is 5.98. The maximum Gasteiger partial charge on any atom is 0.256 e. The first-order chi connectivity index (χ1) is 8.49. The highest BCUT2D eigenvalue weighted by Crippen LogP contribution is 2.25. The summed E-state index contributed by atoms with van der Waals surface area (Å²) in [5.41, 5.74) is 4.84. The molecule has 94 valence electrons. The summed E-state index contributed by atoms with van der Waals surface area (Å²) in [6.07, 6.45) is 0. The number of carbonyl (C=O) groups is 1. The molecule has 0 radical (unpaired) electrons. The molecule has 0 spiro atoms. The summed E-state index contributed by atoms with van der Waals surface area (Å²) >= 11 is 5.06. The van der Waals surface area contributed by atoms with Crippen molar-refractivity contribution in [2.45, 2.75) is 20.8 Å². The highest BCUT2D eigenvalue weighted by molar-refractivity contribution is 9.10. The number of carbonyl (C=O) groups excluding carboxylic acids is 1. The number of halogens is 1. The SMILES string of the molecule is Cc1cscc1C(=O)Nc1cc(C)c(Br)c(C)c1. The van der Waals surface area contributed by atoms with E-state index in [4.69, 9.17) is 0 Å². The van der Waals surface area contributed by atoms with Crippen molar-refractivity contribution in [2.75, 3.05) is 5.32 Å². The van der Waals surface area contributed by atoms with Crippen molar-refractivity contribution in [3.63, 3.8) is 0 Å². The molecule has 0 unspecified atom stereocenters. The molecular formula is C14H14BrNOS. The third-order valence-electron chi connectivity index (χ3n) is 2.79. The van der Waals surface area contributed by atoms with Crippen LogP contribution in [0.4, 0.5) is 5.69 Å². The van der Waals surface area contributed by atoms with Gasteiger partial charge in [-0.3, -0.25) is 4.79 Å². The van der Waals surface area contributed by atoms with Crippen LogP contribution >= 0.6 is 27.3 Å². The fourth-order valence-corrected chi connectivity index (χ4v) is 2.87. The van der Waals surface area contributed by atoms with Crippen LogP contribution in [0.3, 0.4) is 0 Å². The zero-order valence-corrected chi connectivity index (χ0v) is 12.9. The van der Waals surface area contributed by atoms with E-state index in [1.807, 2.05) is 43.7 Å². The maximum atomic E-state index is 12.1. The van der Waals surface area contributed by atoms with Crippen LogP contribution in [-0.2, 0) is 0 Å². The smallest absolute Gasteiger partial charge is 0.256 e. The minimum absolute atomic E-state index is 0.0464. The van der Waals surface area contributed by atoms with Gasteiger partial charge in [0.1, 0.15) is 0 Å². The van der Waals surface area contributed by atoms with E-state index < -0.39 is 0 Å². The molecule has 2 aromatic rings. The van der Waals surface area contributed by atoms with E-state index in [2.05, 4.69) is 21.2 Å². The van der Waals surface area contributed by atoms with Gasteiger partial charge in [0, 0.05) is 15.5 Å². The van der Waals surface area contributed by atoms with E-state index in [-0.39, 0.29) is 5.91 Å². The van der Waals surface area contributed by atoms with Gasteiger partial charge >= 0.3 is 0 Å². The molecule has 18 heavy (non-hydrogen) atoms. The number of benzene rings is 1. The Balaban J connectivity index is 2.25. The van der Waals surface area contributed by atoms with Crippen LogP contribution in [0.5, 0.6) is 0 Å². The molecule has 1 N–H and O–H groups in total. The molecule has 2 rings (SSSR count). The van der Waals surface area contributed by atoms with Crippen molar-refractivity contribution in [1.29, 1.82) is 0 Å². The molecule has 1 amide bonds. The molecule has 1 aromatic heterocycles. The number of anilines is 1. The minimum atomic E-state index is -0.0464. The summed E-state index contributed by atoms with van der Waals surface area (Å²) in [6, 6.07) is 3.94. The minimum Gasteiger partial charge on any atom is -0.322 e. The van der Waals surface area contributed by atoms with Gasteiger partial charge in [-0.1, -0.05) is 15.9 Å². The predicted octanol–water partition coefficient (Wildman–Crippen LogP) is 4.69. The molecule has 0 saturated carbocycles. The lowest BCUT2D eigenvalue weighted by Gasteiger charge is -2.09. The van der Waals surface area contributed by atoms with Gasteiger partial charge in [-0.2, -0.15) is 11.3 Å². The quantitative estimate of drug-likeness (QED) is 0.853. The second kappa shape index (κ2) is 5.24. The Morgan fingerprint density at radius 1 is 1.11 bits per heavy atom. The summed E-state index contributed by atoms with van der Waals surface area (Å²) in [7, 11) is 0. The van der Waals surface area contributed by atoms with Crippen LogP contribution in [0, 0.1) is 20.8 Å². The summed E-state index contributed by atoms with van der Waals surface area (Å²) in [5, 5.41) is 6.80. The predicted molar refractivity (Wildman–Crippen MR) is 80.6 cm³/mol. The van der Waals surface area contributed by atoms with Crippen molar-refractivity contribution in [3.05, 3.63) is 49.6 Å². The van der Waals surface area contributed by atoms with Crippen LogP contribution in [0.2, 0.25) is 0 Å². The zero-order chi connectivity index (χ0) is 13.3. The number of hydrogen-bond acceptors (Lipinski definition) is 2. The highest BCUT2D eigenvalue weighted by atomic mass is 79.9. The van der Waals surface area contributed by atoms with Crippen LogP contribution in [0.15, 0.2) is 27.4 Å². The topological polar surface area (TPSA) is 29.1 Å². The summed E-state index contributed by atoms with van der Waals surface area (Å²) < 4.78 is 1.09. The molecule has 4 heteroatoms. The Labute approximate surface area is 119 Å². The van der Waals surface area contributed by atoms with Gasteiger partial charge in [0.05, 0.1) is 5.56 Å². The monoisotopic (exact) mass is 323 g/mol. The van der Waals surface area contributed by atoms with Gasteiger partial charge in [0.25, 0.3) is 5.91 Å². The van der Waals surface area contributed by atoms with E-state index in [1.165, 1.54) is 0 Å². The fourth-order valence-electron chi connectivity index (χ4n) is 1.81. The van der Waals surface area contributed by atoms with Crippen LogP contribution in [-0.4, -0.2) is 5.91 Å². The Kier molecular flexibility index (Phi) is 3.88. The lowest BCUT2D eigenvalue weighted by atomic mass is 10.1. The fraction of sp³-hybridized carbons (Fsp3) is 0.214. The lowest BCUT2D eigenvalue weighted by molar-refractivity contribution is 0.102. The van der Waals surface area contributed by atoms with Gasteiger partial charge in [-0.05, 0) is 55.0 Å². The largest absolute Gasteiger partial charge is 0.322 e. The first-order valence-corrected chi connectivity index (χ1v) is 7.33. The number of aryl methyl sites for hydroxylation is 3. The number of thiophene rings is 1. The Morgan fingerprint density at radius 3 is 2.22 bits per heavy atom. The van der Waals surface area contributed by atoms with Crippen LogP contribution in [0.25, 0.3) is 0 Å². The molecular weight excluding hydrogens is 310 g/mol. The van der Waals surface area contributed by atoms with Crippen molar-refractivity contribution in [2.24, 2.45) is 0 Å². The molecule has 1 aromatic carbocycles. The molecule has 0 atom stereocenters. The Hall–Kier alpha value is -1.13. The average Bonchev–Trinajstić information content (AvgIpc) is 2.72. The third-order valence-corrected chi connectivity index (χ3v) is 4.91. The molecule has 2 nitrogen and oxygen atoms in total. The maximum absolute atomic E-state index is 12.1. The first-order valence-electron chi connectivity index (χ1n) is 5.60. The Morgan fingerprint density at radius 2 is 1.72 bits per heavy atom. The molecule has 0 fully saturated rings. The summed E-state index contributed by atoms with van der Waals surface area (Å²) in [5.74, 6) is -0.0464.